The van der Waals surface area contributed by atoms with E-state index in [1.54, 1.807) is 19.1 Å². The average Bonchev–Trinajstić information content (AvgIpc) is 3.75. The summed E-state index contributed by atoms with van der Waals surface area (Å²) in [5.74, 6) is 4.15. The second-order valence-electron chi connectivity index (χ2n) is 18.1. The largest absolute Gasteiger partial charge is 0.498 e. The Morgan fingerprint density at radius 2 is 1.57 bits per heavy atom. The molecule has 3 aliphatic carbocycles. The molecule has 0 spiro atoms. The molecule has 0 aromatic carbocycles. The molecule has 7 aliphatic rings. The Hall–Kier alpha value is -2.46. The zero-order valence-electron chi connectivity index (χ0n) is 35.2. The minimum absolute atomic E-state index is 0.00819. The van der Waals surface area contributed by atoms with E-state index in [1.807, 2.05) is 0 Å². The van der Waals surface area contributed by atoms with Gasteiger partial charge in [0.25, 0.3) is 10.1 Å². The fourth-order valence-electron chi connectivity index (χ4n) is 11.6. The quantitative estimate of drug-likeness (QED) is 0.0951. The Kier molecular flexibility index (Phi) is 14.0. The predicted molar refractivity (Wildman–Crippen MR) is 224 cm³/mol. The molecule has 4 heterocycles. The molecule has 15 heteroatoms. The monoisotopic (exact) mass is 848 g/mol. The molecule has 0 aromatic rings. The molecule has 4 saturated heterocycles. The number of unbranched alkanes of at least 4 members (excludes halogenated alkanes) is 1. The maximum Gasteiger partial charge on any atom is 0.283 e. The predicted octanol–water partition coefficient (Wildman–Crippen LogP) is 5.41. The van der Waals surface area contributed by atoms with E-state index in [9.17, 15) is 22.6 Å². The molecule has 13 nitrogen and oxygen atoms in total. The zero-order chi connectivity index (χ0) is 41.3. The van der Waals surface area contributed by atoms with Crippen molar-refractivity contribution in [2.24, 2.45) is 35.5 Å². The second-order valence-corrected chi connectivity index (χ2v) is 20.0. The number of nitrogens with zero attached hydrogens (tertiary/aromatic N) is 2. The van der Waals surface area contributed by atoms with Crippen molar-refractivity contribution in [3.63, 3.8) is 0 Å². The molecule has 3 N–H and O–H groups in total. The van der Waals surface area contributed by atoms with Gasteiger partial charge in [0.1, 0.15) is 29.6 Å². The van der Waals surface area contributed by atoms with Gasteiger partial charge in [-0.15, -0.1) is 0 Å². The zero-order valence-corrected chi connectivity index (χ0v) is 36.9. The van der Waals surface area contributed by atoms with E-state index in [2.05, 4.69) is 55.0 Å². The highest BCUT2D eigenvalue weighted by Crippen LogP contribution is 2.43. The van der Waals surface area contributed by atoms with Crippen molar-refractivity contribution in [1.29, 1.82) is 0 Å². The number of rotatable bonds is 15. The molecule has 326 valence electrons. The molecule has 0 saturated carbocycles. The molecule has 4 fully saturated rings. The Balaban J connectivity index is 0.994. The standard InChI is InChI=1S/C43H68N4O9S2/c1-6-9-10-25-14-36-41(58(50,51)52)45-34-19-40(38(54-5)17-32(34)42(48)46(36)21-25)56-23-27-11-26(12-28(13-27)24-57)22-55-39-18-33-31(16-37(39)53-4)43(49)47-30(20-44-33)15-29(7-2)35(47)8-3/h13,25-26,28-36,41,44-45,57H,6-12,14-24H2,1-5H3,(H,50,51,52)/t25?,26?,28-,29+,30-,31-,32+,33+,34?,35?,36-,41?/m0/s1. The molecule has 0 bridgehead atoms. The van der Waals surface area contributed by atoms with Gasteiger partial charge in [-0.2, -0.15) is 21.0 Å². The van der Waals surface area contributed by atoms with Crippen LogP contribution in [0.3, 0.4) is 0 Å². The van der Waals surface area contributed by atoms with Crippen LogP contribution < -0.4 is 10.6 Å². The van der Waals surface area contributed by atoms with E-state index in [0.717, 1.165) is 75.0 Å². The van der Waals surface area contributed by atoms with Crippen molar-refractivity contribution >= 4 is 34.6 Å². The minimum atomic E-state index is -4.49. The van der Waals surface area contributed by atoms with E-state index < -0.39 is 33.5 Å². The van der Waals surface area contributed by atoms with E-state index >= 15 is 0 Å². The van der Waals surface area contributed by atoms with Crippen molar-refractivity contribution in [2.45, 2.75) is 140 Å². The van der Waals surface area contributed by atoms with Crippen LogP contribution in [0.5, 0.6) is 0 Å². The molecular weight excluding hydrogens is 781 g/mol. The normalized spacial score (nSPS) is 36.7. The first-order chi connectivity index (χ1) is 27.9. The SMILES string of the molecule is CCCCC1C[C@H]2C(S(=O)(=O)O)NC3CC(OCC4=C[C@@H](CS)CC(COC5=C(OC)C[C@@H]6C(=O)N7C(CC)[C@H](CC)C[C@H]7CN[C@@H]6C5)C4)=C(OC)C[C@H]3C(=O)N2C1. The summed E-state index contributed by atoms with van der Waals surface area (Å²) < 4.78 is 60.9. The number of hydrogen-bond donors (Lipinski definition) is 4. The summed E-state index contributed by atoms with van der Waals surface area (Å²) >= 11 is 4.67. The summed E-state index contributed by atoms with van der Waals surface area (Å²) in [5, 5.41) is 5.73. The first-order valence-electron chi connectivity index (χ1n) is 22.1. The molecule has 0 aromatic heterocycles. The van der Waals surface area contributed by atoms with Gasteiger partial charge in [-0.05, 0) is 73.5 Å². The molecule has 58 heavy (non-hydrogen) atoms. The van der Waals surface area contributed by atoms with Crippen molar-refractivity contribution in [3.05, 3.63) is 34.7 Å². The van der Waals surface area contributed by atoms with E-state index in [0.29, 0.717) is 68.3 Å². The van der Waals surface area contributed by atoms with Gasteiger partial charge in [0.05, 0.1) is 38.7 Å². The number of nitrogens with one attached hydrogen (secondary N) is 2. The number of hydrogen-bond acceptors (Lipinski definition) is 11. The summed E-state index contributed by atoms with van der Waals surface area (Å²) in [6, 6.07) is -0.603. The number of thiol groups is 1. The maximum absolute atomic E-state index is 14.1. The Morgan fingerprint density at radius 3 is 2.22 bits per heavy atom. The van der Waals surface area contributed by atoms with Crippen LogP contribution in [0.1, 0.15) is 104 Å². The Morgan fingerprint density at radius 1 is 0.862 bits per heavy atom. The van der Waals surface area contributed by atoms with Crippen LogP contribution in [0.4, 0.5) is 0 Å². The lowest BCUT2D eigenvalue weighted by molar-refractivity contribution is -0.139. The van der Waals surface area contributed by atoms with Gasteiger partial charge in [-0.25, -0.2) is 0 Å². The topological polar surface area (TPSA) is 156 Å². The molecular formula is C43H68N4O9S2. The number of carbonyl (C=O) groups excluding carboxylic acids is 2. The average molecular weight is 849 g/mol. The van der Waals surface area contributed by atoms with E-state index in [-0.39, 0.29) is 60.4 Å². The van der Waals surface area contributed by atoms with Gasteiger partial charge < -0.3 is 34.1 Å². The second kappa shape index (κ2) is 18.7. The van der Waals surface area contributed by atoms with Crippen LogP contribution in [-0.4, -0.2) is 116 Å². The van der Waals surface area contributed by atoms with E-state index in [1.165, 1.54) is 0 Å². The van der Waals surface area contributed by atoms with Crippen molar-refractivity contribution < 1.29 is 41.5 Å². The molecule has 12 atom stereocenters. The molecule has 4 aliphatic heterocycles. The number of fused-ring (bicyclic) bond motifs is 4. The van der Waals surface area contributed by atoms with Crippen LogP contribution in [0.15, 0.2) is 34.7 Å². The van der Waals surface area contributed by atoms with E-state index in [4.69, 9.17) is 18.9 Å². The molecule has 2 amide bonds. The summed E-state index contributed by atoms with van der Waals surface area (Å²) in [7, 11) is -1.23. The Labute approximate surface area is 351 Å². The molecule has 5 unspecified atom stereocenters. The number of ether oxygens (including phenoxy) is 4. The van der Waals surface area contributed by atoms with Crippen LogP contribution >= 0.6 is 12.6 Å². The number of allylic oxidation sites excluding steroid dienone is 3. The lowest BCUT2D eigenvalue weighted by Crippen LogP contribution is -2.52. The smallest absolute Gasteiger partial charge is 0.283 e. The third-order valence-electron chi connectivity index (χ3n) is 14.6. The third kappa shape index (κ3) is 8.95. The number of amides is 2. The van der Waals surface area contributed by atoms with Gasteiger partial charge in [0.2, 0.25) is 11.8 Å². The molecule has 0 radical (unpaired) electrons. The maximum atomic E-state index is 14.1. The van der Waals surface area contributed by atoms with Gasteiger partial charge in [-0.1, -0.05) is 46.1 Å². The highest BCUT2D eigenvalue weighted by atomic mass is 32.2. The lowest BCUT2D eigenvalue weighted by atomic mass is 9.83. The van der Waals surface area contributed by atoms with Gasteiger partial charge >= 0.3 is 0 Å². The van der Waals surface area contributed by atoms with Gasteiger partial charge in [-0.3, -0.25) is 19.5 Å². The minimum Gasteiger partial charge on any atom is -0.498 e. The van der Waals surface area contributed by atoms with Crippen LogP contribution in [-0.2, 0) is 38.7 Å². The van der Waals surface area contributed by atoms with Gasteiger partial charge in [0, 0.05) is 62.9 Å². The van der Waals surface area contributed by atoms with Crippen LogP contribution in [0.2, 0.25) is 0 Å². The highest BCUT2D eigenvalue weighted by molar-refractivity contribution is 7.86. The van der Waals surface area contributed by atoms with Gasteiger partial charge in [0.15, 0.2) is 5.37 Å². The molecule has 7 rings (SSSR count). The highest BCUT2D eigenvalue weighted by Gasteiger charge is 2.53. The first kappa shape index (κ1) is 43.6. The Bertz CT molecular complexity index is 1720. The summed E-state index contributed by atoms with van der Waals surface area (Å²) in [6.45, 7) is 8.70. The van der Waals surface area contributed by atoms with Crippen molar-refractivity contribution in [1.82, 2.24) is 20.4 Å². The number of carbonyl (C=O) groups is 2. The fourth-order valence-corrected chi connectivity index (χ4v) is 12.9. The summed E-state index contributed by atoms with van der Waals surface area (Å²) in [6.07, 6.45) is 12.3. The van der Waals surface area contributed by atoms with Crippen LogP contribution in [0, 0.1) is 35.5 Å². The third-order valence-corrected chi connectivity index (χ3v) is 16.1. The number of methoxy groups -OCH3 is 2. The fraction of sp³-hybridized carbons (Fsp3) is 0.814. The first-order valence-corrected chi connectivity index (χ1v) is 24.2. The lowest BCUT2D eigenvalue weighted by Gasteiger charge is -2.36. The van der Waals surface area contributed by atoms with Crippen molar-refractivity contribution in [2.75, 3.05) is 46.3 Å². The van der Waals surface area contributed by atoms with Crippen molar-refractivity contribution in [3.8, 4) is 0 Å². The summed E-state index contributed by atoms with van der Waals surface area (Å²) in [4.78, 5) is 32.1. The van der Waals surface area contributed by atoms with Crippen LogP contribution in [0.25, 0.3) is 0 Å². The summed E-state index contributed by atoms with van der Waals surface area (Å²) in [5.41, 5.74) is 1.13.